The third kappa shape index (κ3) is 8.54. The minimum absolute atomic E-state index is 0.157. The number of rotatable bonds is 14. The minimum Gasteiger partial charge on any atom is -0.507 e. The lowest BCUT2D eigenvalue weighted by molar-refractivity contribution is 0.474. The molecule has 0 unspecified atom stereocenters. The molecule has 236 valence electrons. The van der Waals surface area contributed by atoms with E-state index in [2.05, 4.69) is 30.6 Å². The van der Waals surface area contributed by atoms with E-state index in [1.165, 1.54) is 0 Å². The second kappa shape index (κ2) is 15.9. The molecule has 47 heavy (non-hydrogen) atoms. The normalized spacial score (nSPS) is 11.6. The van der Waals surface area contributed by atoms with Gasteiger partial charge in [-0.25, -0.2) is 0 Å². The molecular formula is C35H32N8O2S2. The summed E-state index contributed by atoms with van der Waals surface area (Å²) in [6.07, 6.45) is 5.25. The molecule has 0 saturated heterocycles. The van der Waals surface area contributed by atoms with Crippen LogP contribution in [0.5, 0.6) is 11.5 Å². The zero-order valence-corrected chi connectivity index (χ0v) is 27.0. The molecule has 0 aliphatic heterocycles. The monoisotopic (exact) mass is 660 g/mol. The molecule has 0 bridgehead atoms. The van der Waals surface area contributed by atoms with Crippen LogP contribution in [0, 0.1) is 0 Å². The van der Waals surface area contributed by atoms with E-state index in [1.54, 1.807) is 81.7 Å². The Hall–Kier alpha value is -5.20. The molecule has 0 fully saturated rings. The SMILES string of the molecule is Oc1ccccc1/C=N\n1c(Cc2ccccc2)nnc1SCCCSc1nnc(Cc2ccccc2)n1/N=C\c1ccccc1O. The van der Waals surface area contributed by atoms with E-state index in [9.17, 15) is 10.2 Å². The Balaban J connectivity index is 1.13. The van der Waals surface area contributed by atoms with E-state index < -0.39 is 0 Å². The first-order valence-electron chi connectivity index (χ1n) is 15.0. The van der Waals surface area contributed by atoms with Crippen LogP contribution in [0.25, 0.3) is 0 Å². The molecule has 4 aromatic carbocycles. The zero-order valence-electron chi connectivity index (χ0n) is 25.4. The summed E-state index contributed by atoms with van der Waals surface area (Å²) in [7, 11) is 0. The maximum atomic E-state index is 10.2. The predicted molar refractivity (Wildman–Crippen MR) is 187 cm³/mol. The molecule has 2 N–H and O–H groups in total. The molecule has 2 heterocycles. The molecule has 0 aliphatic rings. The van der Waals surface area contributed by atoms with Gasteiger partial charge in [-0.15, -0.1) is 20.4 Å². The molecule has 0 saturated carbocycles. The minimum atomic E-state index is 0.157. The van der Waals surface area contributed by atoms with Crippen molar-refractivity contribution < 1.29 is 10.2 Å². The molecule has 10 nitrogen and oxygen atoms in total. The summed E-state index contributed by atoms with van der Waals surface area (Å²) in [4.78, 5) is 0. The van der Waals surface area contributed by atoms with Crippen LogP contribution < -0.4 is 0 Å². The van der Waals surface area contributed by atoms with Gasteiger partial charge in [-0.05, 0) is 41.8 Å². The zero-order chi connectivity index (χ0) is 32.3. The van der Waals surface area contributed by atoms with Crippen LogP contribution in [0.1, 0.15) is 40.3 Å². The van der Waals surface area contributed by atoms with Gasteiger partial charge in [0.15, 0.2) is 11.6 Å². The highest BCUT2D eigenvalue weighted by Crippen LogP contribution is 2.24. The van der Waals surface area contributed by atoms with Gasteiger partial charge in [0.2, 0.25) is 10.3 Å². The van der Waals surface area contributed by atoms with Gasteiger partial charge in [0.1, 0.15) is 11.5 Å². The number of phenolic OH excluding ortho intramolecular Hbond substituents is 2. The predicted octanol–water partition coefficient (Wildman–Crippen LogP) is 6.50. The van der Waals surface area contributed by atoms with Gasteiger partial charge in [0, 0.05) is 35.5 Å². The van der Waals surface area contributed by atoms with Crippen LogP contribution in [0.2, 0.25) is 0 Å². The smallest absolute Gasteiger partial charge is 0.212 e. The molecule has 2 aromatic heterocycles. The number of nitrogens with zero attached hydrogens (tertiary/aromatic N) is 8. The number of hydrogen-bond acceptors (Lipinski definition) is 10. The fourth-order valence-electron chi connectivity index (χ4n) is 4.60. The molecule has 6 rings (SSSR count). The highest BCUT2D eigenvalue weighted by atomic mass is 32.2. The third-order valence-electron chi connectivity index (χ3n) is 7.01. The Morgan fingerprint density at radius 3 is 1.36 bits per heavy atom. The molecule has 0 amide bonds. The van der Waals surface area contributed by atoms with E-state index in [4.69, 9.17) is 0 Å². The lowest BCUT2D eigenvalue weighted by Gasteiger charge is -2.06. The molecule has 0 radical (unpaired) electrons. The summed E-state index contributed by atoms with van der Waals surface area (Å²) in [6, 6.07) is 34.3. The summed E-state index contributed by atoms with van der Waals surface area (Å²) in [5.41, 5.74) is 3.43. The van der Waals surface area contributed by atoms with Crippen molar-refractivity contribution in [3.63, 3.8) is 0 Å². The Kier molecular flexibility index (Phi) is 10.7. The van der Waals surface area contributed by atoms with Crippen LogP contribution in [0.15, 0.2) is 130 Å². The Morgan fingerprint density at radius 1 is 0.532 bits per heavy atom. The fraction of sp³-hybridized carbons (Fsp3) is 0.143. The largest absolute Gasteiger partial charge is 0.507 e. The van der Waals surface area contributed by atoms with Crippen LogP contribution in [0.3, 0.4) is 0 Å². The maximum Gasteiger partial charge on any atom is 0.212 e. The molecular weight excluding hydrogens is 629 g/mol. The highest BCUT2D eigenvalue weighted by Gasteiger charge is 2.15. The Morgan fingerprint density at radius 2 is 0.936 bits per heavy atom. The van der Waals surface area contributed by atoms with Gasteiger partial charge < -0.3 is 10.2 Å². The van der Waals surface area contributed by atoms with Gasteiger partial charge in [-0.1, -0.05) is 108 Å². The van der Waals surface area contributed by atoms with Crippen LogP contribution in [-0.4, -0.2) is 63.9 Å². The van der Waals surface area contributed by atoms with E-state index in [1.807, 2.05) is 72.8 Å². The van der Waals surface area contributed by atoms with E-state index in [0.717, 1.165) is 29.1 Å². The van der Waals surface area contributed by atoms with Crippen molar-refractivity contribution >= 4 is 36.0 Å². The molecule has 6 aromatic rings. The number of hydrogen-bond donors (Lipinski definition) is 2. The fourth-order valence-corrected chi connectivity index (χ4v) is 6.47. The number of aromatic nitrogens is 6. The van der Waals surface area contributed by atoms with Crippen molar-refractivity contribution in [2.75, 3.05) is 11.5 Å². The van der Waals surface area contributed by atoms with Crippen molar-refractivity contribution in [2.45, 2.75) is 29.6 Å². The topological polar surface area (TPSA) is 127 Å². The summed E-state index contributed by atoms with van der Waals surface area (Å²) >= 11 is 3.15. The highest BCUT2D eigenvalue weighted by molar-refractivity contribution is 8.00. The molecule has 0 spiro atoms. The summed E-state index contributed by atoms with van der Waals surface area (Å²) < 4.78 is 3.49. The van der Waals surface area contributed by atoms with Gasteiger partial charge in [-0.2, -0.15) is 19.6 Å². The summed E-state index contributed by atoms with van der Waals surface area (Å²) in [5, 5.41) is 48.9. The van der Waals surface area contributed by atoms with Gasteiger partial charge in [0.25, 0.3) is 0 Å². The van der Waals surface area contributed by atoms with E-state index in [0.29, 0.717) is 45.9 Å². The maximum absolute atomic E-state index is 10.2. The van der Waals surface area contributed by atoms with Crippen molar-refractivity contribution in [1.29, 1.82) is 0 Å². The quantitative estimate of drug-likeness (QED) is 0.0770. The molecule has 12 heteroatoms. The van der Waals surface area contributed by atoms with Gasteiger partial charge in [-0.3, -0.25) is 0 Å². The number of aromatic hydroxyl groups is 2. The van der Waals surface area contributed by atoms with Crippen LogP contribution >= 0.6 is 23.5 Å². The van der Waals surface area contributed by atoms with Crippen LogP contribution in [-0.2, 0) is 12.8 Å². The number of benzene rings is 4. The summed E-state index contributed by atoms with van der Waals surface area (Å²) in [5.74, 6) is 3.28. The van der Waals surface area contributed by atoms with Gasteiger partial charge >= 0.3 is 0 Å². The third-order valence-corrected chi connectivity index (χ3v) is 9.02. The van der Waals surface area contributed by atoms with Gasteiger partial charge in [0.05, 0.1) is 12.4 Å². The molecule has 0 aliphatic carbocycles. The first kappa shape index (κ1) is 31.8. The van der Waals surface area contributed by atoms with E-state index >= 15 is 0 Å². The first-order chi connectivity index (χ1) is 23.1. The number of phenols is 2. The lowest BCUT2D eigenvalue weighted by atomic mass is 10.1. The average Bonchev–Trinajstić information content (AvgIpc) is 3.67. The molecule has 0 atom stereocenters. The van der Waals surface area contributed by atoms with Crippen molar-refractivity contribution in [3.8, 4) is 11.5 Å². The standard InChI is InChI=1S/C35H32N8O2S2/c44-30-18-9-7-16-28(30)24-36-42-32(22-26-12-3-1-4-13-26)38-40-34(42)46-20-11-21-47-35-41-39-33(23-27-14-5-2-6-15-27)43(35)37-25-29-17-8-10-19-31(29)45/h1-10,12-19,24-25,44-45H,11,20-23H2/b36-24-,37-25-. The van der Waals surface area contributed by atoms with E-state index in [-0.39, 0.29) is 11.5 Å². The lowest BCUT2D eigenvalue weighted by Crippen LogP contribution is -2.02. The van der Waals surface area contributed by atoms with Crippen molar-refractivity contribution in [3.05, 3.63) is 143 Å². The second-order valence-electron chi connectivity index (χ2n) is 10.4. The number of para-hydroxylation sites is 2. The van der Waals surface area contributed by atoms with Crippen molar-refractivity contribution in [1.82, 2.24) is 29.7 Å². The summed E-state index contributed by atoms with van der Waals surface area (Å²) in [6.45, 7) is 0. The van der Waals surface area contributed by atoms with Crippen LogP contribution in [0.4, 0.5) is 0 Å². The Labute approximate surface area is 280 Å². The van der Waals surface area contributed by atoms with Crippen molar-refractivity contribution in [2.24, 2.45) is 10.2 Å². The first-order valence-corrected chi connectivity index (χ1v) is 17.0. The number of thioether (sulfide) groups is 2. The average molecular weight is 661 g/mol. The Bertz CT molecular complexity index is 1820. The second-order valence-corrected chi connectivity index (χ2v) is 12.5.